The van der Waals surface area contributed by atoms with E-state index in [0.717, 1.165) is 22.0 Å². The van der Waals surface area contributed by atoms with Gasteiger partial charge in [-0.2, -0.15) is 5.26 Å². The van der Waals surface area contributed by atoms with Gasteiger partial charge in [-0.1, -0.05) is 17.7 Å². The van der Waals surface area contributed by atoms with Crippen molar-refractivity contribution in [1.82, 2.24) is 9.55 Å². The quantitative estimate of drug-likeness (QED) is 0.808. The van der Waals surface area contributed by atoms with E-state index in [4.69, 9.17) is 16.9 Å². The summed E-state index contributed by atoms with van der Waals surface area (Å²) in [6, 6.07) is 11.3. The van der Waals surface area contributed by atoms with Crippen molar-refractivity contribution < 1.29 is 5.11 Å². The van der Waals surface area contributed by atoms with Gasteiger partial charge in [0.05, 0.1) is 12.1 Å². The molecule has 0 aliphatic rings. The lowest BCUT2D eigenvalue weighted by Crippen LogP contribution is -1.99. The second-order valence-corrected chi connectivity index (χ2v) is 5.20. The molecule has 3 rings (SSSR count). The first kappa shape index (κ1) is 13.6. The highest BCUT2D eigenvalue weighted by Crippen LogP contribution is 2.25. The number of hydrogen-bond donors (Lipinski definition) is 1. The lowest BCUT2D eigenvalue weighted by atomic mass is 10.2. The first-order valence-corrected chi connectivity index (χ1v) is 6.82. The molecular weight excluding hydrogens is 286 g/mol. The molecule has 0 aliphatic heterocycles. The zero-order valence-electron chi connectivity index (χ0n) is 11.1. The Bertz CT molecular complexity index is 848. The van der Waals surface area contributed by atoms with E-state index in [9.17, 15) is 5.11 Å². The maximum atomic E-state index is 9.47. The number of nitrogens with zero attached hydrogens (tertiary/aromatic N) is 3. The lowest BCUT2D eigenvalue weighted by Gasteiger charge is -2.06. The van der Waals surface area contributed by atoms with E-state index >= 15 is 0 Å². The Morgan fingerprint density at radius 3 is 2.90 bits per heavy atom. The number of aromatic nitrogens is 2. The Balaban J connectivity index is 2.07. The summed E-state index contributed by atoms with van der Waals surface area (Å²) >= 11 is 6.06. The maximum absolute atomic E-state index is 9.47. The van der Waals surface area contributed by atoms with Crippen molar-refractivity contribution in [3.05, 3.63) is 64.6 Å². The van der Waals surface area contributed by atoms with Crippen LogP contribution in [0.4, 0.5) is 0 Å². The molecule has 3 aromatic rings. The standard InChI is InChI=1S/C16H12ClN3O/c17-13-1-2-15-12(10-21)9-20(16(15)6-13)8-11-3-4-19-14(5-11)7-18/h1-6,9,21H,8,10H2. The number of halogens is 1. The zero-order chi connectivity index (χ0) is 14.8. The van der Waals surface area contributed by atoms with Crippen molar-refractivity contribution >= 4 is 22.5 Å². The Morgan fingerprint density at radius 1 is 1.29 bits per heavy atom. The summed E-state index contributed by atoms with van der Waals surface area (Å²) in [6.07, 6.45) is 3.53. The van der Waals surface area contributed by atoms with Crippen LogP contribution in [0.15, 0.2) is 42.7 Å². The molecule has 0 spiro atoms. The first-order chi connectivity index (χ1) is 10.2. The highest BCUT2D eigenvalue weighted by atomic mass is 35.5. The maximum Gasteiger partial charge on any atom is 0.140 e. The van der Waals surface area contributed by atoms with Crippen LogP contribution < -0.4 is 0 Å². The molecule has 0 saturated heterocycles. The number of rotatable bonds is 3. The van der Waals surface area contributed by atoms with Gasteiger partial charge in [0.15, 0.2) is 0 Å². The third-order valence-corrected chi connectivity index (χ3v) is 3.62. The molecule has 0 atom stereocenters. The van der Waals surface area contributed by atoms with E-state index in [1.54, 1.807) is 12.3 Å². The molecule has 2 heterocycles. The smallest absolute Gasteiger partial charge is 0.140 e. The molecule has 4 nitrogen and oxygen atoms in total. The molecule has 2 aromatic heterocycles. The summed E-state index contributed by atoms with van der Waals surface area (Å²) in [5, 5.41) is 20.0. The van der Waals surface area contributed by atoms with E-state index in [2.05, 4.69) is 4.98 Å². The summed E-state index contributed by atoms with van der Waals surface area (Å²) in [6.45, 7) is 0.568. The van der Waals surface area contributed by atoms with E-state index in [1.165, 1.54) is 0 Å². The predicted molar refractivity (Wildman–Crippen MR) is 80.9 cm³/mol. The van der Waals surface area contributed by atoms with Crippen molar-refractivity contribution in [1.29, 1.82) is 5.26 Å². The van der Waals surface area contributed by atoms with Gasteiger partial charge in [-0.3, -0.25) is 0 Å². The Labute approximate surface area is 126 Å². The zero-order valence-corrected chi connectivity index (χ0v) is 11.9. The molecule has 5 heteroatoms. The lowest BCUT2D eigenvalue weighted by molar-refractivity contribution is 0.283. The van der Waals surface area contributed by atoms with Crippen LogP contribution in [0.25, 0.3) is 10.9 Å². The molecule has 0 radical (unpaired) electrons. The second kappa shape index (κ2) is 5.57. The van der Waals surface area contributed by atoms with Crippen LogP contribution in [-0.4, -0.2) is 14.7 Å². The van der Waals surface area contributed by atoms with E-state index in [1.807, 2.05) is 41.1 Å². The van der Waals surface area contributed by atoms with Crippen LogP contribution in [0.5, 0.6) is 0 Å². The number of aliphatic hydroxyl groups is 1. The minimum absolute atomic E-state index is 0.0229. The Morgan fingerprint density at radius 2 is 2.14 bits per heavy atom. The van der Waals surface area contributed by atoms with Gasteiger partial charge >= 0.3 is 0 Å². The van der Waals surface area contributed by atoms with Gasteiger partial charge in [-0.15, -0.1) is 0 Å². The van der Waals surface area contributed by atoms with Crippen LogP contribution in [0.3, 0.4) is 0 Å². The summed E-state index contributed by atoms with van der Waals surface area (Å²) in [5.41, 5.74) is 3.19. The highest BCUT2D eigenvalue weighted by Gasteiger charge is 2.09. The molecule has 0 unspecified atom stereocenters. The van der Waals surface area contributed by atoms with Crippen LogP contribution >= 0.6 is 11.6 Å². The Kier molecular flexibility index (Phi) is 3.61. The molecule has 0 bridgehead atoms. The van der Waals surface area contributed by atoms with Crippen LogP contribution in [0.2, 0.25) is 5.02 Å². The number of pyridine rings is 1. The molecule has 1 N–H and O–H groups in total. The molecule has 0 amide bonds. The first-order valence-electron chi connectivity index (χ1n) is 6.44. The summed E-state index contributed by atoms with van der Waals surface area (Å²) in [5.74, 6) is 0. The molecule has 1 aromatic carbocycles. The second-order valence-electron chi connectivity index (χ2n) is 4.76. The average Bonchev–Trinajstić information content (AvgIpc) is 2.84. The fourth-order valence-electron chi connectivity index (χ4n) is 2.43. The third kappa shape index (κ3) is 2.62. The fraction of sp³-hybridized carbons (Fsp3) is 0.125. The number of nitriles is 1. The Hall–Kier alpha value is -2.35. The minimum Gasteiger partial charge on any atom is -0.392 e. The van der Waals surface area contributed by atoms with E-state index < -0.39 is 0 Å². The van der Waals surface area contributed by atoms with Gasteiger partial charge in [0.2, 0.25) is 0 Å². The van der Waals surface area contributed by atoms with Crippen molar-refractivity contribution in [2.24, 2.45) is 0 Å². The number of aliphatic hydroxyl groups excluding tert-OH is 1. The van der Waals surface area contributed by atoms with E-state index in [-0.39, 0.29) is 6.61 Å². The number of fused-ring (bicyclic) bond motifs is 1. The minimum atomic E-state index is -0.0229. The van der Waals surface area contributed by atoms with Crippen LogP contribution in [-0.2, 0) is 13.2 Å². The van der Waals surface area contributed by atoms with E-state index in [0.29, 0.717) is 17.3 Å². The fourth-order valence-corrected chi connectivity index (χ4v) is 2.59. The normalized spacial score (nSPS) is 10.7. The van der Waals surface area contributed by atoms with Gasteiger partial charge < -0.3 is 9.67 Å². The molecule has 104 valence electrons. The van der Waals surface area contributed by atoms with Crippen LogP contribution in [0.1, 0.15) is 16.8 Å². The van der Waals surface area contributed by atoms with Crippen molar-refractivity contribution in [2.45, 2.75) is 13.2 Å². The largest absolute Gasteiger partial charge is 0.392 e. The highest BCUT2D eigenvalue weighted by molar-refractivity contribution is 6.31. The van der Waals surface area contributed by atoms with Gasteiger partial charge in [0.25, 0.3) is 0 Å². The molecule has 0 fully saturated rings. The van der Waals surface area contributed by atoms with Gasteiger partial charge in [0, 0.05) is 34.9 Å². The topological polar surface area (TPSA) is 61.8 Å². The number of hydrogen-bond acceptors (Lipinski definition) is 3. The summed E-state index contributed by atoms with van der Waals surface area (Å²) in [4.78, 5) is 3.97. The molecule has 0 saturated carbocycles. The molecule has 0 aliphatic carbocycles. The SMILES string of the molecule is N#Cc1cc(Cn2cc(CO)c3ccc(Cl)cc32)ccn1. The summed E-state index contributed by atoms with van der Waals surface area (Å²) in [7, 11) is 0. The van der Waals surface area contributed by atoms with Crippen molar-refractivity contribution in [3.8, 4) is 6.07 Å². The summed E-state index contributed by atoms with van der Waals surface area (Å²) < 4.78 is 2.02. The van der Waals surface area contributed by atoms with Crippen molar-refractivity contribution in [2.75, 3.05) is 0 Å². The monoisotopic (exact) mass is 297 g/mol. The number of benzene rings is 1. The predicted octanol–water partition coefficient (Wildman–Crippen LogP) is 3.10. The average molecular weight is 298 g/mol. The van der Waals surface area contributed by atoms with Crippen molar-refractivity contribution in [3.63, 3.8) is 0 Å². The molecular formula is C16H12ClN3O. The molecule has 21 heavy (non-hydrogen) atoms. The van der Waals surface area contributed by atoms with Crippen LogP contribution in [0, 0.1) is 11.3 Å². The van der Waals surface area contributed by atoms with Gasteiger partial charge in [-0.05, 0) is 29.8 Å². The van der Waals surface area contributed by atoms with Gasteiger partial charge in [-0.25, -0.2) is 4.98 Å². The third-order valence-electron chi connectivity index (χ3n) is 3.39. The van der Waals surface area contributed by atoms with Gasteiger partial charge in [0.1, 0.15) is 11.8 Å².